The quantitative estimate of drug-likeness (QED) is 0.479. The number of H-pyrrole nitrogens is 1. The number of hydrogen-bond donors (Lipinski definition) is 2. The minimum absolute atomic E-state index is 0.114. The topological polar surface area (TPSA) is 128 Å². The molecule has 1 aliphatic carbocycles. The Morgan fingerprint density at radius 3 is 2.82 bits per heavy atom. The van der Waals surface area contributed by atoms with Crippen LogP contribution in [-0.2, 0) is 4.74 Å². The summed E-state index contributed by atoms with van der Waals surface area (Å²) >= 11 is 0. The molecule has 0 unspecified atom stereocenters. The summed E-state index contributed by atoms with van der Waals surface area (Å²) in [7, 11) is 0. The monoisotopic (exact) mass is 535 g/mol. The molecule has 2 aliphatic heterocycles. The van der Waals surface area contributed by atoms with Gasteiger partial charge in [-0.3, -0.25) is 4.79 Å². The molecule has 2 amide bonds. The van der Waals surface area contributed by atoms with Crippen molar-refractivity contribution >= 4 is 23.0 Å². The minimum atomic E-state index is -0.576. The van der Waals surface area contributed by atoms with Crippen LogP contribution in [0.4, 0.5) is 4.79 Å². The van der Waals surface area contributed by atoms with Gasteiger partial charge in [0.15, 0.2) is 11.5 Å². The first-order chi connectivity index (χ1) is 18.8. The summed E-state index contributed by atoms with van der Waals surface area (Å²) in [6.45, 7) is 7.25. The van der Waals surface area contributed by atoms with Crippen molar-refractivity contribution in [3.8, 4) is 28.5 Å². The Hall–Kier alpha value is -4.02. The molecule has 11 nitrogen and oxygen atoms in total. The first-order valence-electron chi connectivity index (χ1n) is 13.4. The van der Waals surface area contributed by atoms with Crippen molar-refractivity contribution in [3.05, 3.63) is 30.2 Å². The molecule has 206 valence electrons. The second kappa shape index (κ2) is 9.94. The molecule has 2 fully saturated rings. The van der Waals surface area contributed by atoms with E-state index < -0.39 is 5.60 Å². The zero-order chi connectivity index (χ0) is 27.1. The number of ether oxygens (including phenoxy) is 4. The van der Waals surface area contributed by atoms with Gasteiger partial charge in [-0.05, 0) is 64.5 Å². The third-order valence-corrected chi connectivity index (χ3v) is 7.03. The van der Waals surface area contributed by atoms with Gasteiger partial charge in [-0.25, -0.2) is 14.8 Å². The number of benzene rings is 1. The summed E-state index contributed by atoms with van der Waals surface area (Å²) < 4.78 is 23.1. The maximum absolute atomic E-state index is 13.4. The molecule has 1 saturated carbocycles. The van der Waals surface area contributed by atoms with E-state index in [9.17, 15) is 9.59 Å². The number of nitrogens with one attached hydrogen (secondary N) is 2. The van der Waals surface area contributed by atoms with E-state index in [-0.39, 0.29) is 24.8 Å². The van der Waals surface area contributed by atoms with E-state index in [1.54, 1.807) is 11.1 Å². The van der Waals surface area contributed by atoms with Gasteiger partial charge in [0.05, 0.1) is 23.3 Å². The molecule has 2 N–H and O–H groups in total. The van der Waals surface area contributed by atoms with E-state index >= 15 is 0 Å². The lowest BCUT2D eigenvalue weighted by Crippen LogP contribution is -2.50. The Bertz CT molecular complexity index is 1410. The normalized spacial score (nSPS) is 18.7. The van der Waals surface area contributed by atoms with E-state index in [0.717, 1.165) is 12.8 Å². The Morgan fingerprint density at radius 1 is 1.18 bits per heavy atom. The van der Waals surface area contributed by atoms with Crippen molar-refractivity contribution in [2.75, 3.05) is 26.5 Å². The van der Waals surface area contributed by atoms with Crippen LogP contribution in [-0.4, -0.2) is 70.0 Å². The van der Waals surface area contributed by atoms with Crippen molar-refractivity contribution in [1.29, 1.82) is 0 Å². The Morgan fingerprint density at radius 2 is 2.03 bits per heavy atom. The molecule has 2 aromatic heterocycles. The van der Waals surface area contributed by atoms with Crippen molar-refractivity contribution < 1.29 is 28.5 Å². The second-order valence-electron chi connectivity index (χ2n) is 11.3. The number of piperidine rings is 1. The number of amides is 2. The largest absolute Gasteiger partial charge is 0.492 e. The molecule has 6 rings (SSSR count). The molecule has 11 heteroatoms. The third-order valence-electron chi connectivity index (χ3n) is 7.03. The van der Waals surface area contributed by atoms with Gasteiger partial charge >= 0.3 is 6.09 Å². The Kier molecular flexibility index (Phi) is 6.44. The predicted molar refractivity (Wildman–Crippen MR) is 142 cm³/mol. The van der Waals surface area contributed by atoms with E-state index in [4.69, 9.17) is 18.9 Å². The van der Waals surface area contributed by atoms with Gasteiger partial charge < -0.3 is 34.1 Å². The number of aromatic amines is 1. The summed E-state index contributed by atoms with van der Waals surface area (Å²) in [5.74, 6) is 2.13. The fourth-order valence-electron chi connectivity index (χ4n) is 4.94. The van der Waals surface area contributed by atoms with Crippen LogP contribution in [0.15, 0.2) is 24.7 Å². The van der Waals surface area contributed by atoms with Gasteiger partial charge in [-0.2, -0.15) is 0 Å². The molecule has 39 heavy (non-hydrogen) atoms. The summed E-state index contributed by atoms with van der Waals surface area (Å²) in [5, 5.41) is 3.07. The number of carbonyl (C=O) groups excluding carboxylic acids is 2. The third kappa shape index (κ3) is 5.30. The number of nitrogens with zero attached hydrogens (tertiary/aromatic N) is 3. The standard InChI is InChI=1S/C28H33N5O6/c1-28(2,3)39-27(35)33-10-4-5-17(12-33)32-26(34)18-11-29-24-22(18)30-14-31-23(24)21-19(36-13-16-6-7-16)8-9-20-25(21)38-15-37-20/h8-9,11,14,16-17,29H,4-7,10,12-13,15H2,1-3H3,(H,32,34)/t17-/m0/s1. The summed E-state index contributed by atoms with van der Waals surface area (Å²) in [6, 6.07) is 3.51. The lowest BCUT2D eigenvalue weighted by molar-refractivity contribution is 0.0185. The van der Waals surface area contributed by atoms with Crippen LogP contribution in [0.3, 0.4) is 0 Å². The highest BCUT2D eigenvalue weighted by Gasteiger charge is 2.31. The average molecular weight is 536 g/mol. The highest BCUT2D eigenvalue weighted by Crippen LogP contribution is 2.48. The maximum atomic E-state index is 13.4. The van der Waals surface area contributed by atoms with Crippen LogP contribution in [0, 0.1) is 5.92 Å². The molecule has 3 aliphatic rings. The zero-order valence-electron chi connectivity index (χ0n) is 22.4. The van der Waals surface area contributed by atoms with Crippen LogP contribution in [0.1, 0.15) is 56.8 Å². The molecule has 1 aromatic carbocycles. The van der Waals surface area contributed by atoms with Crippen LogP contribution >= 0.6 is 0 Å². The van der Waals surface area contributed by atoms with Gasteiger partial charge in [0.2, 0.25) is 6.79 Å². The molecule has 1 saturated heterocycles. The first-order valence-corrected chi connectivity index (χ1v) is 13.4. The first kappa shape index (κ1) is 25.3. The fourth-order valence-corrected chi connectivity index (χ4v) is 4.94. The molecular formula is C28H33N5O6. The molecule has 0 bridgehead atoms. The summed E-state index contributed by atoms with van der Waals surface area (Å²) in [5.41, 5.74) is 2.15. The molecule has 0 spiro atoms. The highest BCUT2D eigenvalue weighted by atomic mass is 16.7. The molecular weight excluding hydrogens is 502 g/mol. The molecule has 3 aromatic rings. The van der Waals surface area contributed by atoms with Gasteiger partial charge in [-0.1, -0.05) is 0 Å². The predicted octanol–water partition coefficient (Wildman–Crippen LogP) is 4.27. The van der Waals surface area contributed by atoms with Crippen molar-refractivity contribution in [3.63, 3.8) is 0 Å². The van der Waals surface area contributed by atoms with Crippen molar-refractivity contribution in [2.24, 2.45) is 5.92 Å². The Labute approximate surface area is 226 Å². The number of aromatic nitrogens is 3. The minimum Gasteiger partial charge on any atom is -0.492 e. The Balaban J connectivity index is 1.25. The number of hydrogen-bond acceptors (Lipinski definition) is 8. The second-order valence-corrected chi connectivity index (χ2v) is 11.3. The van der Waals surface area contributed by atoms with E-state index in [0.29, 0.717) is 70.7 Å². The van der Waals surface area contributed by atoms with Gasteiger partial charge in [0, 0.05) is 25.3 Å². The average Bonchev–Trinajstić information content (AvgIpc) is 3.42. The van der Waals surface area contributed by atoms with Crippen LogP contribution in [0.5, 0.6) is 17.2 Å². The maximum Gasteiger partial charge on any atom is 0.410 e. The molecule has 4 heterocycles. The summed E-state index contributed by atoms with van der Waals surface area (Å²) in [4.78, 5) is 39.8. The smallest absolute Gasteiger partial charge is 0.410 e. The van der Waals surface area contributed by atoms with Crippen LogP contribution in [0.2, 0.25) is 0 Å². The fraction of sp³-hybridized carbons (Fsp3) is 0.500. The zero-order valence-corrected chi connectivity index (χ0v) is 22.4. The lowest BCUT2D eigenvalue weighted by atomic mass is 10.0. The molecule has 0 radical (unpaired) electrons. The van der Waals surface area contributed by atoms with Crippen LogP contribution < -0.4 is 19.5 Å². The summed E-state index contributed by atoms with van der Waals surface area (Å²) in [6.07, 6.45) is 6.59. The van der Waals surface area contributed by atoms with Crippen LogP contribution in [0.25, 0.3) is 22.3 Å². The van der Waals surface area contributed by atoms with E-state index in [1.165, 1.54) is 19.2 Å². The van der Waals surface area contributed by atoms with Crippen molar-refractivity contribution in [1.82, 2.24) is 25.2 Å². The number of likely N-dealkylation sites (tertiary alicyclic amines) is 1. The van der Waals surface area contributed by atoms with Gasteiger partial charge in [-0.15, -0.1) is 0 Å². The number of carbonyl (C=O) groups is 2. The molecule has 1 atom stereocenters. The van der Waals surface area contributed by atoms with E-state index in [2.05, 4.69) is 20.3 Å². The SMILES string of the molecule is CC(C)(C)OC(=O)N1CCC[C@H](NC(=O)c2c[nH]c3c(-c4c(OCC5CC5)ccc5c4OCO5)ncnc23)C1. The lowest BCUT2D eigenvalue weighted by Gasteiger charge is -2.34. The number of rotatable bonds is 6. The van der Waals surface area contributed by atoms with Gasteiger partial charge in [0.25, 0.3) is 5.91 Å². The van der Waals surface area contributed by atoms with Crippen molar-refractivity contribution in [2.45, 2.75) is 58.1 Å². The van der Waals surface area contributed by atoms with Gasteiger partial charge in [0.1, 0.15) is 28.9 Å². The number of fused-ring (bicyclic) bond motifs is 2. The van der Waals surface area contributed by atoms with E-state index in [1.807, 2.05) is 32.9 Å². The highest BCUT2D eigenvalue weighted by molar-refractivity contribution is 6.08.